The summed E-state index contributed by atoms with van der Waals surface area (Å²) in [6.07, 6.45) is 4.01. The van der Waals surface area contributed by atoms with E-state index in [1.807, 2.05) is 29.6 Å². The van der Waals surface area contributed by atoms with Crippen molar-refractivity contribution < 1.29 is 9.53 Å². The largest absolute Gasteiger partial charge is 0.378 e. The number of likely N-dealkylation sites (tertiary alicyclic amines) is 1. The van der Waals surface area contributed by atoms with Gasteiger partial charge >= 0.3 is 0 Å². The third-order valence-corrected chi connectivity index (χ3v) is 4.47. The van der Waals surface area contributed by atoms with E-state index in [9.17, 15) is 4.79 Å². The van der Waals surface area contributed by atoms with Crippen LogP contribution < -0.4 is 0 Å². The minimum absolute atomic E-state index is 0.0714. The summed E-state index contributed by atoms with van der Waals surface area (Å²) >= 11 is 0. The summed E-state index contributed by atoms with van der Waals surface area (Å²) < 4.78 is 6.91. The number of ether oxygens (including phenoxy) is 1. The van der Waals surface area contributed by atoms with E-state index >= 15 is 0 Å². The summed E-state index contributed by atoms with van der Waals surface area (Å²) in [5.41, 5.74) is 3.13. The molecular formula is C16H24N6O2. The standard InChI is InChI=1S/C16H24N6O2/c1-11-15(12(2)18-17-11)16(23)21-6-4-5-13(7-21)8-22-9-14(10-24-3)19-20-22/h9,13H,4-8,10H2,1-3H3,(H,17,18). The molecule has 1 amide bonds. The Bertz CT molecular complexity index is 688. The van der Waals surface area contributed by atoms with E-state index in [2.05, 4.69) is 20.5 Å². The molecule has 24 heavy (non-hydrogen) atoms. The lowest BCUT2D eigenvalue weighted by atomic mass is 9.97. The molecule has 1 atom stereocenters. The van der Waals surface area contributed by atoms with E-state index in [-0.39, 0.29) is 5.91 Å². The Morgan fingerprint density at radius 3 is 3.00 bits per heavy atom. The summed E-state index contributed by atoms with van der Waals surface area (Å²) in [4.78, 5) is 14.7. The second-order valence-electron chi connectivity index (χ2n) is 6.43. The Kier molecular flexibility index (Phi) is 4.94. The van der Waals surface area contributed by atoms with Gasteiger partial charge in [0.2, 0.25) is 0 Å². The molecule has 1 saturated heterocycles. The van der Waals surface area contributed by atoms with Crippen LogP contribution in [0.2, 0.25) is 0 Å². The van der Waals surface area contributed by atoms with Crippen molar-refractivity contribution in [3.63, 3.8) is 0 Å². The molecule has 8 heteroatoms. The van der Waals surface area contributed by atoms with Gasteiger partial charge in [0.1, 0.15) is 5.69 Å². The highest BCUT2D eigenvalue weighted by atomic mass is 16.5. The molecule has 3 rings (SSSR count). The Balaban J connectivity index is 1.64. The number of H-pyrrole nitrogens is 1. The smallest absolute Gasteiger partial charge is 0.257 e. The van der Waals surface area contributed by atoms with Gasteiger partial charge < -0.3 is 9.64 Å². The van der Waals surface area contributed by atoms with Crippen molar-refractivity contribution >= 4 is 5.91 Å². The fourth-order valence-corrected chi connectivity index (χ4v) is 3.33. The van der Waals surface area contributed by atoms with Gasteiger partial charge in [-0.05, 0) is 32.6 Å². The predicted molar refractivity (Wildman–Crippen MR) is 87.4 cm³/mol. The number of carbonyl (C=O) groups excluding carboxylic acids is 1. The van der Waals surface area contributed by atoms with Crippen LogP contribution in [0.5, 0.6) is 0 Å². The maximum absolute atomic E-state index is 12.8. The van der Waals surface area contributed by atoms with Gasteiger partial charge in [0, 0.05) is 32.4 Å². The number of piperidine rings is 1. The molecule has 0 radical (unpaired) electrons. The third kappa shape index (κ3) is 3.48. The number of hydrogen-bond donors (Lipinski definition) is 1. The van der Waals surface area contributed by atoms with E-state index in [0.717, 1.165) is 49.6 Å². The number of hydrogen-bond acceptors (Lipinski definition) is 5. The second kappa shape index (κ2) is 7.12. The average Bonchev–Trinajstić information content (AvgIpc) is 3.14. The van der Waals surface area contributed by atoms with Crippen LogP contribution in [0.3, 0.4) is 0 Å². The van der Waals surface area contributed by atoms with Gasteiger partial charge in [-0.1, -0.05) is 5.21 Å². The molecule has 0 saturated carbocycles. The predicted octanol–water partition coefficient (Wildman–Crippen LogP) is 1.32. The van der Waals surface area contributed by atoms with Crippen LogP contribution in [0.1, 0.15) is 40.3 Å². The van der Waals surface area contributed by atoms with E-state index < -0.39 is 0 Å². The van der Waals surface area contributed by atoms with Crippen molar-refractivity contribution in [2.45, 2.75) is 39.8 Å². The molecular weight excluding hydrogens is 308 g/mol. The van der Waals surface area contributed by atoms with Crippen LogP contribution in [0, 0.1) is 19.8 Å². The van der Waals surface area contributed by atoms with Crippen LogP contribution in [0.4, 0.5) is 0 Å². The fraction of sp³-hybridized carbons (Fsp3) is 0.625. The lowest BCUT2D eigenvalue weighted by Gasteiger charge is -2.32. The Morgan fingerprint density at radius 1 is 1.46 bits per heavy atom. The number of aryl methyl sites for hydroxylation is 2. The number of rotatable bonds is 5. The normalized spacial score (nSPS) is 18.1. The zero-order valence-electron chi connectivity index (χ0n) is 14.4. The van der Waals surface area contributed by atoms with Gasteiger partial charge in [-0.2, -0.15) is 5.10 Å². The van der Waals surface area contributed by atoms with Crippen molar-refractivity contribution in [3.05, 3.63) is 28.8 Å². The minimum atomic E-state index is 0.0714. The molecule has 1 aliphatic rings. The van der Waals surface area contributed by atoms with Gasteiger partial charge in [0.05, 0.1) is 24.1 Å². The number of nitrogens with zero attached hydrogens (tertiary/aromatic N) is 5. The molecule has 1 aliphatic heterocycles. The van der Waals surface area contributed by atoms with E-state index in [4.69, 9.17) is 4.74 Å². The molecule has 130 valence electrons. The minimum Gasteiger partial charge on any atom is -0.378 e. The van der Waals surface area contributed by atoms with Crippen molar-refractivity contribution in [1.82, 2.24) is 30.1 Å². The van der Waals surface area contributed by atoms with Crippen molar-refractivity contribution in [2.75, 3.05) is 20.2 Å². The molecule has 1 N–H and O–H groups in total. The van der Waals surface area contributed by atoms with Crippen molar-refractivity contribution in [3.8, 4) is 0 Å². The van der Waals surface area contributed by atoms with Gasteiger partial charge in [0.25, 0.3) is 5.91 Å². The summed E-state index contributed by atoms with van der Waals surface area (Å²) in [5.74, 6) is 0.453. The van der Waals surface area contributed by atoms with Crippen molar-refractivity contribution in [2.24, 2.45) is 5.92 Å². The monoisotopic (exact) mass is 332 g/mol. The molecule has 0 aliphatic carbocycles. The number of nitrogens with one attached hydrogen (secondary N) is 1. The zero-order valence-corrected chi connectivity index (χ0v) is 14.4. The third-order valence-electron chi connectivity index (χ3n) is 4.47. The first-order chi connectivity index (χ1) is 11.6. The molecule has 2 aromatic rings. The molecule has 1 unspecified atom stereocenters. The van der Waals surface area contributed by atoms with Gasteiger partial charge in [-0.15, -0.1) is 5.10 Å². The van der Waals surface area contributed by atoms with Crippen LogP contribution in [0.25, 0.3) is 0 Å². The van der Waals surface area contributed by atoms with E-state index in [0.29, 0.717) is 18.1 Å². The summed E-state index contributed by atoms with van der Waals surface area (Å²) in [5, 5.41) is 15.3. The molecule has 0 bridgehead atoms. The topological polar surface area (TPSA) is 88.9 Å². The van der Waals surface area contributed by atoms with Crippen LogP contribution in [0.15, 0.2) is 6.20 Å². The summed E-state index contributed by atoms with van der Waals surface area (Å²) in [6, 6.07) is 0. The highest BCUT2D eigenvalue weighted by Gasteiger charge is 2.27. The second-order valence-corrected chi connectivity index (χ2v) is 6.43. The highest BCUT2D eigenvalue weighted by molar-refractivity contribution is 5.96. The molecule has 0 aromatic carbocycles. The molecule has 8 nitrogen and oxygen atoms in total. The first-order valence-electron chi connectivity index (χ1n) is 8.27. The van der Waals surface area contributed by atoms with Gasteiger partial charge in [0.15, 0.2) is 0 Å². The maximum atomic E-state index is 12.8. The average molecular weight is 332 g/mol. The zero-order chi connectivity index (χ0) is 17.1. The molecule has 1 fully saturated rings. The van der Waals surface area contributed by atoms with Gasteiger partial charge in [-0.25, -0.2) is 0 Å². The highest BCUT2D eigenvalue weighted by Crippen LogP contribution is 2.22. The van der Waals surface area contributed by atoms with Crippen LogP contribution >= 0.6 is 0 Å². The Morgan fingerprint density at radius 2 is 2.29 bits per heavy atom. The maximum Gasteiger partial charge on any atom is 0.257 e. The van der Waals surface area contributed by atoms with Crippen LogP contribution in [-0.2, 0) is 17.9 Å². The number of carbonyl (C=O) groups is 1. The first-order valence-corrected chi connectivity index (χ1v) is 8.27. The van der Waals surface area contributed by atoms with Crippen molar-refractivity contribution in [1.29, 1.82) is 0 Å². The van der Waals surface area contributed by atoms with E-state index in [1.54, 1.807) is 7.11 Å². The lowest BCUT2D eigenvalue weighted by Crippen LogP contribution is -2.41. The van der Waals surface area contributed by atoms with E-state index in [1.165, 1.54) is 0 Å². The Hall–Kier alpha value is -2.22. The van der Waals surface area contributed by atoms with Gasteiger partial charge in [-0.3, -0.25) is 14.6 Å². The number of methoxy groups -OCH3 is 1. The lowest BCUT2D eigenvalue weighted by molar-refractivity contribution is 0.0658. The first kappa shape index (κ1) is 16.6. The molecule has 2 aromatic heterocycles. The Labute approximate surface area is 141 Å². The number of aromatic nitrogens is 5. The molecule has 0 spiro atoms. The SMILES string of the molecule is COCc1cn(CC2CCCN(C(=O)c3c(C)n[nH]c3C)C2)nn1. The van der Waals surface area contributed by atoms with Crippen LogP contribution in [-0.4, -0.2) is 56.2 Å². The number of amides is 1. The molecule has 3 heterocycles. The quantitative estimate of drug-likeness (QED) is 0.892. The number of aromatic amines is 1. The summed E-state index contributed by atoms with van der Waals surface area (Å²) in [6.45, 7) is 6.53. The fourth-order valence-electron chi connectivity index (χ4n) is 3.33. The summed E-state index contributed by atoms with van der Waals surface area (Å²) in [7, 11) is 1.64.